The van der Waals surface area contributed by atoms with Crippen molar-refractivity contribution in [1.82, 2.24) is 15.5 Å². The monoisotopic (exact) mass is 390 g/mol. The molecule has 3 amide bonds. The van der Waals surface area contributed by atoms with E-state index >= 15 is 0 Å². The SMILES string of the molecule is CN(CC(=O)NC(=O)NCc1ccccc1)Cc1cc([N+](=O)[O-])ccc1Cl. The van der Waals surface area contributed by atoms with E-state index in [1.807, 2.05) is 30.3 Å². The number of amides is 3. The normalized spacial score (nSPS) is 10.5. The molecule has 2 rings (SSSR count). The number of hydrogen-bond acceptors (Lipinski definition) is 5. The zero-order valence-electron chi connectivity index (χ0n) is 14.6. The zero-order chi connectivity index (χ0) is 19.8. The van der Waals surface area contributed by atoms with Crippen molar-refractivity contribution in [2.24, 2.45) is 0 Å². The van der Waals surface area contributed by atoms with E-state index in [2.05, 4.69) is 10.6 Å². The van der Waals surface area contributed by atoms with Crippen LogP contribution < -0.4 is 10.6 Å². The van der Waals surface area contributed by atoms with E-state index in [1.54, 1.807) is 11.9 Å². The fourth-order valence-electron chi connectivity index (χ4n) is 2.38. The average Bonchev–Trinajstić information content (AvgIpc) is 2.62. The van der Waals surface area contributed by atoms with Crippen LogP contribution in [0.2, 0.25) is 5.02 Å². The third-order valence-electron chi connectivity index (χ3n) is 3.64. The Morgan fingerprint density at radius 2 is 1.89 bits per heavy atom. The van der Waals surface area contributed by atoms with Gasteiger partial charge in [-0.05, 0) is 24.2 Å². The van der Waals surface area contributed by atoms with Crippen molar-refractivity contribution in [3.05, 3.63) is 74.8 Å². The first kappa shape index (κ1) is 20.3. The minimum atomic E-state index is -0.592. The van der Waals surface area contributed by atoms with E-state index in [0.29, 0.717) is 17.1 Å². The highest BCUT2D eigenvalue weighted by Gasteiger charge is 2.14. The quantitative estimate of drug-likeness (QED) is 0.558. The Bertz CT molecular complexity index is 829. The van der Waals surface area contributed by atoms with Gasteiger partial charge in [-0.2, -0.15) is 0 Å². The van der Waals surface area contributed by atoms with Crippen LogP contribution in [0, 0.1) is 10.1 Å². The lowest BCUT2D eigenvalue weighted by atomic mass is 10.2. The maximum atomic E-state index is 12.0. The average molecular weight is 391 g/mol. The van der Waals surface area contributed by atoms with Gasteiger partial charge in [0.05, 0.1) is 11.5 Å². The Morgan fingerprint density at radius 3 is 2.56 bits per heavy atom. The van der Waals surface area contributed by atoms with Crippen LogP contribution in [0.4, 0.5) is 10.5 Å². The Balaban J connectivity index is 1.82. The van der Waals surface area contributed by atoms with Gasteiger partial charge in [-0.3, -0.25) is 25.1 Å². The minimum Gasteiger partial charge on any atom is -0.334 e. The Kier molecular flexibility index (Phi) is 7.27. The number of nitro benzene ring substituents is 1. The summed E-state index contributed by atoms with van der Waals surface area (Å²) < 4.78 is 0. The van der Waals surface area contributed by atoms with Crippen LogP contribution in [0.15, 0.2) is 48.5 Å². The maximum absolute atomic E-state index is 12.0. The predicted octanol–water partition coefficient (Wildman–Crippen LogP) is 2.71. The van der Waals surface area contributed by atoms with Gasteiger partial charge in [0, 0.05) is 30.2 Å². The smallest absolute Gasteiger partial charge is 0.321 e. The molecule has 2 aromatic carbocycles. The lowest BCUT2D eigenvalue weighted by Gasteiger charge is -2.17. The highest BCUT2D eigenvalue weighted by molar-refractivity contribution is 6.31. The predicted molar refractivity (Wildman–Crippen MR) is 101 cm³/mol. The van der Waals surface area contributed by atoms with Crippen LogP contribution in [-0.4, -0.2) is 35.4 Å². The van der Waals surface area contributed by atoms with Gasteiger partial charge >= 0.3 is 6.03 Å². The molecule has 0 aliphatic rings. The second kappa shape index (κ2) is 9.65. The molecule has 142 valence electrons. The fraction of sp³-hybridized carbons (Fsp3) is 0.222. The second-order valence-electron chi connectivity index (χ2n) is 5.92. The van der Waals surface area contributed by atoms with Crippen LogP contribution in [0.3, 0.4) is 0 Å². The van der Waals surface area contributed by atoms with E-state index < -0.39 is 16.9 Å². The van der Waals surface area contributed by atoms with Gasteiger partial charge in [0.1, 0.15) is 0 Å². The molecule has 0 unspecified atom stereocenters. The number of benzene rings is 2. The Hall–Kier alpha value is -2.97. The number of imide groups is 1. The summed E-state index contributed by atoms with van der Waals surface area (Å²) in [5.74, 6) is -0.496. The molecule has 0 radical (unpaired) electrons. The number of halogens is 1. The summed E-state index contributed by atoms with van der Waals surface area (Å²) in [6.45, 7) is 0.455. The highest BCUT2D eigenvalue weighted by atomic mass is 35.5. The summed E-state index contributed by atoms with van der Waals surface area (Å²) in [4.78, 5) is 35.7. The molecule has 9 heteroatoms. The van der Waals surface area contributed by atoms with E-state index in [4.69, 9.17) is 11.6 Å². The zero-order valence-corrected chi connectivity index (χ0v) is 15.4. The lowest BCUT2D eigenvalue weighted by molar-refractivity contribution is -0.384. The third-order valence-corrected chi connectivity index (χ3v) is 4.01. The second-order valence-corrected chi connectivity index (χ2v) is 6.33. The number of hydrogen-bond donors (Lipinski definition) is 2. The molecule has 0 heterocycles. The molecule has 0 fully saturated rings. The van der Waals surface area contributed by atoms with Crippen molar-refractivity contribution >= 4 is 29.2 Å². The van der Waals surface area contributed by atoms with Crippen molar-refractivity contribution in [1.29, 1.82) is 0 Å². The molecular weight excluding hydrogens is 372 g/mol. The van der Waals surface area contributed by atoms with Crippen LogP contribution in [0.5, 0.6) is 0 Å². The molecule has 0 atom stereocenters. The molecule has 8 nitrogen and oxygen atoms in total. The van der Waals surface area contributed by atoms with Gasteiger partial charge in [0.15, 0.2) is 0 Å². The number of non-ortho nitro benzene ring substituents is 1. The number of carbonyl (C=O) groups is 2. The molecular formula is C18H19ClN4O4. The third kappa shape index (κ3) is 6.69. The van der Waals surface area contributed by atoms with Crippen molar-refractivity contribution in [2.75, 3.05) is 13.6 Å². The molecule has 0 aromatic heterocycles. The fourth-order valence-corrected chi connectivity index (χ4v) is 2.55. The van der Waals surface area contributed by atoms with Crippen molar-refractivity contribution in [3.8, 4) is 0 Å². The maximum Gasteiger partial charge on any atom is 0.321 e. The van der Waals surface area contributed by atoms with Gasteiger partial charge in [-0.1, -0.05) is 41.9 Å². The van der Waals surface area contributed by atoms with Crippen molar-refractivity contribution in [2.45, 2.75) is 13.1 Å². The number of urea groups is 1. The van der Waals surface area contributed by atoms with E-state index in [9.17, 15) is 19.7 Å². The number of carbonyl (C=O) groups excluding carboxylic acids is 2. The molecule has 0 aliphatic heterocycles. The van der Waals surface area contributed by atoms with Crippen LogP contribution >= 0.6 is 11.6 Å². The summed E-state index contributed by atoms with van der Waals surface area (Å²) >= 11 is 6.05. The number of likely N-dealkylation sites (N-methyl/N-ethyl adjacent to an activating group) is 1. The first-order valence-corrected chi connectivity index (χ1v) is 8.46. The topological polar surface area (TPSA) is 105 Å². The highest BCUT2D eigenvalue weighted by Crippen LogP contribution is 2.23. The largest absolute Gasteiger partial charge is 0.334 e. The summed E-state index contributed by atoms with van der Waals surface area (Å²) in [5, 5.41) is 16.1. The van der Waals surface area contributed by atoms with Crippen molar-refractivity contribution in [3.63, 3.8) is 0 Å². The van der Waals surface area contributed by atoms with Gasteiger partial charge in [-0.25, -0.2) is 4.79 Å². The van der Waals surface area contributed by atoms with Crippen LogP contribution in [-0.2, 0) is 17.9 Å². The van der Waals surface area contributed by atoms with E-state index in [0.717, 1.165) is 5.56 Å². The Morgan fingerprint density at radius 1 is 1.19 bits per heavy atom. The molecule has 0 spiro atoms. The lowest BCUT2D eigenvalue weighted by Crippen LogP contribution is -2.43. The van der Waals surface area contributed by atoms with Gasteiger partial charge in [-0.15, -0.1) is 0 Å². The standard InChI is InChI=1S/C18H19ClN4O4/c1-22(11-14-9-15(23(26)27)7-8-16(14)19)12-17(24)21-18(25)20-10-13-5-3-2-4-6-13/h2-9H,10-12H2,1H3,(H2,20,21,24,25). The van der Waals surface area contributed by atoms with Gasteiger partial charge in [0.25, 0.3) is 5.69 Å². The molecule has 0 bridgehead atoms. The summed E-state index contributed by atoms with van der Waals surface area (Å²) in [7, 11) is 1.65. The van der Waals surface area contributed by atoms with E-state index in [-0.39, 0.29) is 18.8 Å². The molecule has 0 saturated heterocycles. The first-order chi connectivity index (χ1) is 12.8. The van der Waals surface area contributed by atoms with Crippen LogP contribution in [0.1, 0.15) is 11.1 Å². The molecule has 0 saturated carbocycles. The van der Waals surface area contributed by atoms with Crippen LogP contribution in [0.25, 0.3) is 0 Å². The summed E-state index contributed by atoms with van der Waals surface area (Å²) in [5.41, 5.74) is 1.36. The number of nitrogens with zero attached hydrogens (tertiary/aromatic N) is 2. The minimum absolute atomic E-state index is 0.0716. The molecule has 2 N–H and O–H groups in total. The first-order valence-electron chi connectivity index (χ1n) is 8.08. The number of nitrogens with one attached hydrogen (secondary N) is 2. The summed E-state index contributed by atoms with van der Waals surface area (Å²) in [6.07, 6.45) is 0. The van der Waals surface area contributed by atoms with Gasteiger partial charge in [0.2, 0.25) is 5.91 Å². The number of rotatable bonds is 7. The Labute approximate surface area is 161 Å². The van der Waals surface area contributed by atoms with E-state index in [1.165, 1.54) is 18.2 Å². The van der Waals surface area contributed by atoms with Crippen molar-refractivity contribution < 1.29 is 14.5 Å². The van der Waals surface area contributed by atoms with Gasteiger partial charge < -0.3 is 5.32 Å². The molecule has 27 heavy (non-hydrogen) atoms. The summed E-state index contributed by atoms with van der Waals surface area (Å²) in [6, 6.07) is 12.8. The molecule has 0 aliphatic carbocycles. The number of nitro groups is 1. The molecule has 2 aromatic rings.